The van der Waals surface area contributed by atoms with Gasteiger partial charge < -0.3 is 9.15 Å². The maximum absolute atomic E-state index is 11.4. The van der Waals surface area contributed by atoms with Gasteiger partial charge in [0.2, 0.25) is 5.89 Å². The molecule has 5 nitrogen and oxygen atoms in total. The predicted molar refractivity (Wildman–Crippen MR) is 75.0 cm³/mol. The van der Waals surface area contributed by atoms with Crippen LogP contribution in [-0.4, -0.2) is 28.0 Å². The van der Waals surface area contributed by atoms with Crippen LogP contribution in [0.2, 0.25) is 10.0 Å². The van der Waals surface area contributed by atoms with E-state index in [0.717, 1.165) is 0 Å². The standard InChI is InChI=1S/C12H8Cl2N2O3S/c13-6-1-2-7(8(14)5-6)10-15-16-12(19-10)20-9-3-4-18-11(9)17/h1-2,5,9H,3-4H2/t9-/m0/s1. The van der Waals surface area contributed by atoms with E-state index in [9.17, 15) is 4.79 Å². The zero-order valence-corrected chi connectivity index (χ0v) is 12.3. The number of thioether (sulfide) groups is 1. The molecule has 2 aromatic rings. The Labute approximate surface area is 128 Å². The molecule has 0 N–H and O–H groups in total. The number of nitrogens with zero attached hydrogens (tertiary/aromatic N) is 2. The Kier molecular flexibility index (Phi) is 3.87. The average molecular weight is 331 g/mol. The molecule has 0 radical (unpaired) electrons. The molecule has 3 rings (SSSR count). The van der Waals surface area contributed by atoms with Crippen LogP contribution in [0, 0.1) is 0 Å². The van der Waals surface area contributed by atoms with E-state index < -0.39 is 0 Å². The zero-order valence-electron chi connectivity index (χ0n) is 10.0. The molecule has 0 aliphatic carbocycles. The average Bonchev–Trinajstić information content (AvgIpc) is 3.00. The molecule has 0 saturated carbocycles. The van der Waals surface area contributed by atoms with Gasteiger partial charge in [-0.1, -0.05) is 23.2 Å². The third-order valence-electron chi connectivity index (χ3n) is 2.70. The van der Waals surface area contributed by atoms with Gasteiger partial charge in [0.1, 0.15) is 5.25 Å². The first kappa shape index (κ1) is 13.7. The highest BCUT2D eigenvalue weighted by Crippen LogP contribution is 2.33. The van der Waals surface area contributed by atoms with E-state index in [0.29, 0.717) is 39.7 Å². The lowest BCUT2D eigenvalue weighted by Crippen LogP contribution is -2.09. The van der Waals surface area contributed by atoms with Gasteiger partial charge in [-0.15, -0.1) is 10.2 Å². The molecule has 1 atom stereocenters. The van der Waals surface area contributed by atoms with Crippen molar-refractivity contribution in [2.75, 3.05) is 6.61 Å². The summed E-state index contributed by atoms with van der Waals surface area (Å²) in [6.07, 6.45) is 0.642. The monoisotopic (exact) mass is 330 g/mol. The second kappa shape index (κ2) is 5.63. The van der Waals surface area contributed by atoms with Crippen molar-refractivity contribution in [1.29, 1.82) is 0 Å². The summed E-state index contributed by atoms with van der Waals surface area (Å²) in [6, 6.07) is 4.99. The molecule has 8 heteroatoms. The minimum absolute atomic E-state index is 0.251. The minimum Gasteiger partial charge on any atom is -0.465 e. The lowest BCUT2D eigenvalue weighted by atomic mass is 10.2. The van der Waals surface area contributed by atoms with E-state index in [1.165, 1.54) is 11.8 Å². The Balaban J connectivity index is 1.81. The van der Waals surface area contributed by atoms with Crippen molar-refractivity contribution in [3.8, 4) is 11.5 Å². The molecular weight excluding hydrogens is 323 g/mol. The summed E-state index contributed by atoms with van der Waals surface area (Å²) in [5.74, 6) is 0.0415. The molecule has 0 amide bonds. The maximum atomic E-state index is 11.4. The molecule has 0 spiro atoms. The summed E-state index contributed by atoms with van der Waals surface area (Å²) in [5, 5.41) is 8.81. The molecule has 0 unspecified atom stereocenters. The lowest BCUT2D eigenvalue weighted by Gasteiger charge is -2.00. The number of aromatic nitrogens is 2. The SMILES string of the molecule is O=C1OCC[C@@H]1Sc1nnc(-c2ccc(Cl)cc2Cl)o1. The van der Waals surface area contributed by atoms with Gasteiger partial charge in [0, 0.05) is 11.4 Å². The topological polar surface area (TPSA) is 65.2 Å². The summed E-state index contributed by atoms with van der Waals surface area (Å²) in [5.41, 5.74) is 0.601. The molecule has 1 aromatic heterocycles. The van der Waals surface area contributed by atoms with Crippen molar-refractivity contribution in [2.24, 2.45) is 0 Å². The van der Waals surface area contributed by atoms with Crippen molar-refractivity contribution in [3.05, 3.63) is 28.2 Å². The van der Waals surface area contributed by atoms with Crippen LogP contribution in [0.4, 0.5) is 0 Å². The fourth-order valence-corrected chi connectivity index (χ4v) is 3.06. The third-order valence-corrected chi connectivity index (χ3v) is 4.33. The van der Waals surface area contributed by atoms with Crippen LogP contribution in [0.3, 0.4) is 0 Å². The van der Waals surface area contributed by atoms with Gasteiger partial charge in [-0.25, -0.2) is 0 Å². The summed E-state index contributed by atoms with van der Waals surface area (Å²) >= 11 is 13.1. The van der Waals surface area contributed by atoms with Gasteiger partial charge in [-0.2, -0.15) is 0 Å². The zero-order chi connectivity index (χ0) is 14.1. The highest BCUT2D eigenvalue weighted by Gasteiger charge is 2.29. The Morgan fingerprint density at radius 3 is 2.85 bits per heavy atom. The quantitative estimate of drug-likeness (QED) is 0.803. The lowest BCUT2D eigenvalue weighted by molar-refractivity contribution is -0.137. The maximum Gasteiger partial charge on any atom is 0.319 e. The number of hydrogen-bond donors (Lipinski definition) is 0. The number of cyclic esters (lactones) is 1. The number of halogens is 2. The highest BCUT2D eigenvalue weighted by atomic mass is 35.5. The highest BCUT2D eigenvalue weighted by molar-refractivity contribution is 8.00. The van der Waals surface area contributed by atoms with Crippen LogP contribution in [0.1, 0.15) is 6.42 Å². The largest absolute Gasteiger partial charge is 0.465 e. The minimum atomic E-state index is -0.288. The number of ether oxygens (including phenoxy) is 1. The van der Waals surface area contributed by atoms with Crippen LogP contribution in [0.15, 0.2) is 27.8 Å². The van der Waals surface area contributed by atoms with E-state index in [2.05, 4.69) is 10.2 Å². The fourth-order valence-electron chi connectivity index (χ4n) is 1.74. The van der Waals surface area contributed by atoms with E-state index in [-0.39, 0.29) is 11.2 Å². The van der Waals surface area contributed by atoms with Crippen LogP contribution in [0.25, 0.3) is 11.5 Å². The predicted octanol–water partition coefficient (Wildman–Crippen LogP) is 3.45. The number of rotatable bonds is 3. The van der Waals surface area contributed by atoms with Crippen molar-refractivity contribution in [1.82, 2.24) is 10.2 Å². The Morgan fingerprint density at radius 1 is 1.30 bits per heavy atom. The molecule has 1 aliphatic heterocycles. The second-order valence-corrected chi connectivity index (χ2v) is 6.06. The number of hydrogen-bond acceptors (Lipinski definition) is 6. The first-order valence-electron chi connectivity index (χ1n) is 5.76. The van der Waals surface area contributed by atoms with Crippen molar-refractivity contribution in [3.63, 3.8) is 0 Å². The van der Waals surface area contributed by atoms with Crippen LogP contribution in [-0.2, 0) is 9.53 Å². The van der Waals surface area contributed by atoms with Crippen LogP contribution < -0.4 is 0 Å². The molecule has 0 bridgehead atoms. The first-order chi connectivity index (χ1) is 9.63. The summed E-state index contributed by atoms with van der Waals surface area (Å²) in [7, 11) is 0. The summed E-state index contributed by atoms with van der Waals surface area (Å²) < 4.78 is 10.4. The molecule has 1 aliphatic rings. The second-order valence-electron chi connectivity index (χ2n) is 4.06. The van der Waals surface area contributed by atoms with Crippen molar-refractivity contribution >= 4 is 40.9 Å². The van der Waals surface area contributed by atoms with E-state index in [1.807, 2.05) is 0 Å². The van der Waals surface area contributed by atoms with E-state index >= 15 is 0 Å². The van der Waals surface area contributed by atoms with Gasteiger partial charge in [-0.05, 0) is 30.0 Å². The van der Waals surface area contributed by atoms with Crippen molar-refractivity contribution < 1.29 is 13.9 Å². The molecular formula is C12H8Cl2N2O3S. The van der Waals surface area contributed by atoms with Gasteiger partial charge in [0.25, 0.3) is 5.22 Å². The molecule has 1 saturated heterocycles. The van der Waals surface area contributed by atoms with Crippen LogP contribution >= 0.6 is 35.0 Å². The number of benzene rings is 1. The van der Waals surface area contributed by atoms with Crippen LogP contribution in [0.5, 0.6) is 0 Å². The van der Waals surface area contributed by atoms with Gasteiger partial charge >= 0.3 is 5.97 Å². The van der Waals surface area contributed by atoms with Gasteiger partial charge in [0.05, 0.1) is 17.2 Å². The number of carbonyl (C=O) groups excluding carboxylic acids is 1. The Hall–Kier alpha value is -1.24. The molecule has 20 heavy (non-hydrogen) atoms. The molecule has 104 valence electrons. The first-order valence-corrected chi connectivity index (χ1v) is 7.39. The summed E-state index contributed by atoms with van der Waals surface area (Å²) in [6.45, 7) is 0.431. The van der Waals surface area contributed by atoms with E-state index in [4.69, 9.17) is 32.4 Å². The third kappa shape index (κ3) is 2.77. The molecule has 2 heterocycles. The molecule has 1 aromatic carbocycles. The Morgan fingerprint density at radius 2 is 2.15 bits per heavy atom. The summed E-state index contributed by atoms with van der Waals surface area (Å²) in [4.78, 5) is 11.4. The fraction of sp³-hybridized carbons (Fsp3) is 0.250. The van der Waals surface area contributed by atoms with E-state index in [1.54, 1.807) is 18.2 Å². The normalized spacial score (nSPS) is 18.3. The number of esters is 1. The number of carbonyl (C=O) groups is 1. The van der Waals surface area contributed by atoms with Gasteiger partial charge in [0.15, 0.2) is 0 Å². The molecule has 1 fully saturated rings. The Bertz CT molecular complexity index is 662. The van der Waals surface area contributed by atoms with Gasteiger partial charge in [-0.3, -0.25) is 4.79 Å². The van der Waals surface area contributed by atoms with Crippen molar-refractivity contribution in [2.45, 2.75) is 16.9 Å². The smallest absolute Gasteiger partial charge is 0.319 e.